The minimum atomic E-state index is -0.839. The summed E-state index contributed by atoms with van der Waals surface area (Å²) >= 11 is 12.3. The second-order valence-corrected chi connectivity index (χ2v) is 9.40. The second kappa shape index (κ2) is 11.4. The number of nitrogens with zero attached hydrogens (tertiary/aromatic N) is 2. The molecular weight excluding hydrogens is 485 g/mol. The third-order valence-corrected chi connectivity index (χ3v) is 5.32. The highest BCUT2D eigenvalue weighted by molar-refractivity contribution is 6.35. The highest BCUT2D eigenvalue weighted by Crippen LogP contribution is 2.31. The predicted molar refractivity (Wildman–Crippen MR) is 130 cm³/mol. The minimum Gasteiger partial charge on any atom is -0.490 e. The zero-order chi connectivity index (χ0) is 25.6. The maximum Gasteiger partial charge on any atom is 0.311 e. The summed E-state index contributed by atoms with van der Waals surface area (Å²) in [6, 6.07) is 7.95. The van der Waals surface area contributed by atoms with Crippen molar-refractivity contribution >= 4 is 40.7 Å². The molecule has 0 aliphatic rings. The summed E-state index contributed by atoms with van der Waals surface area (Å²) in [5.74, 6) is -0.632. The van der Waals surface area contributed by atoms with Crippen molar-refractivity contribution in [3.8, 4) is 11.5 Å². The Balaban J connectivity index is 2.26. The van der Waals surface area contributed by atoms with Crippen molar-refractivity contribution in [2.75, 3.05) is 13.7 Å². The highest BCUT2D eigenvalue weighted by Gasteiger charge is 2.29. The van der Waals surface area contributed by atoms with Crippen LogP contribution in [-0.2, 0) is 16.1 Å². The van der Waals surface area contributed by atoms with E-state index in [1.807, 2.05) is 20.8 Å². The van der Waals surface area contributed by atoms with E-state index in [0.717, 1.165) is 0 Å². The van der Waals surface area contributed by atoms with Gasteiger partial charge in [-0.15, -0.1) is 0 Å². The molecule has 11 heteroatoms. The number of carbonyl (C=O) groups excluding carboxylic acids is 2. The number of benzene rings is 2. The van der Waals surface area contributed by atoms with Gasteiger partial charge >= 0.3 is 5.69 Å². The molecule has 1 N–H and O–H groups in total. The van der Waals surface area contributed by atoms with Crippen molar-refractivity contribution in [1.82, 2.24) is 10.2 Å². The van der Waals surface area contributed by atoms with Crippen LogP contribution in [0.25, 0.3) is 0 Å². The minimum absolute atomic E-state index is 0.00215. The molecule has 0 aromatic heterocycles. The molecule has 9 nitrogen and oxygen atoms in total. The van der Waals surface area contributed by atoms with Crippen LogP contribution in [0.5, 0.6) is 11.5 Å². The van der Waals surface area contributed by atoms with Crippen LogP contribution in [0.1, 0.15) is 33.3 Å². The number of nitro benzene ring substituents is 1. The third kappa shape index (κ3) is 7.50. The number of nitrogens with one attached hydrogen (secondary N) is 1. The first kappa shape index (κ1) is 27.2. The number of hydrogen-bond acceptors (Lipinski definition) is 6. The monoisotopic (exact) mass is 511 g/mol. The smallest absolute Gasteiger partial charge is 0.311 e. The molecule has 0 saturated heterocycles. The number of nitro groups is 1. The number of ether oxygens (including phenoxy) is 2. The summed E-state index contributed by atoms with van der Waals surface area (Å²) in [6.07, 6.45) is 0. The zero-order valence-electron chi connectivity index (χ0n) is 19.6. The van der Waals surface area contributed by atoms with Crippen LogP contribution in [0.15, 0.2) is 36.4 Å². The van der Waals surface area contributed by atoms with Crippen molar-refractivity contribution in [1.29, 1.82) is 0 Å². The largest absolute Gasteiger partial charge is 0.490 e. The van der Waals surface area contributed by atoms with Gasteiger partial charge in [0.05, 0.1) is 12.0 Å². The van der Waals surface area contributed by atoms with Crippen LogP contribution in [0, 0.1) is 10.1 Å². The molecule has 0 saturated carbocycles. The summed E-state index contributed by atoms with van der Waals surface area (Å²) < 4.78 is 10.6. The lowest BCUT2D eigenvalue weighted by atomic mass is 10.1. The number of methoxy groups -OCH3 is 1. The fraction of sp³-hybridized carbons (Fsp3) is 0.391. The van der Waals surface area contributed by atoms with Crippen LogP contribution in [0.3, 0.4) is 0 Å². The Hall–Kier alpha value is -3.04. The molecule has 184 valence electrons. The lowest BCUT2D eigenvalue weighted by Crippen LogP contribution is -2.53. The lowest BCUT2D eigenvalue weighted by Gasteiger charge is -2.31. The van der Waals surface area contributed by atoms with E-state index in [-0.39, 0.29) is 29.6 Å². The maximum absolute atomic E-state index is 13.2. The van der Waals surface area contributed by atoms with Crippen LogP contribution >= 0.6 is 23.2 Å². The van der Waals surface area contributed by atoms with E-state index in [4.69, 9.17) is 32.7 Å². The second-order valence-electron chi connectivity index (χ2n) is 8.55. The summed E-state index contributed by atoms with van der Waals surface area (Å²) in [5, 5.41) is 14.7. The van der Waals surface area contributed by atoms with Gasteiger partial charge in [0.1, 0.15) is 11.8 Å². The number of hydrogen-bond donors (Lipinski definition) is 1. The fourth-order valence-corrected chi connectivity index (χ4v) is 3.48. The molecule has 0 heterocycles. The molecule has 0 radical (unpaired) electrons. The first-order valence-electron chi connectivity index (χ1n) is 10.3. The standard InChI is InChI=1S/C23H27Cl2N3O6/c1-14(22(30)26-23(2,3)4)27(12-15-6-7-16(24)10-18(15)25)21(29)13-34-17-8-9-19(28(31)32)20(11-17)33-5/h6-11,14H,12-13H2,1-5H3,(H,26,30)/t14-/m0/s1. The molecular formula is C23H27Cl2N3O6. The Morgan fingerprint density at radius 2 is 1.85 bits per heavy atom. The SMILES string of the molecule is COc1cc(OCC(=O)N(Cc2ccc(Cl)cc2Cl)[C@@H](C)C(=O)NC(C)(C)C)ccc1[N+](=O)[O-]. The Bertz CT molecular complexity index is 1070. The van der Waals surface area contributed by atoms with E-state index >= 15 is 0 Å². The molecule has 0 fully saturated rings. The molecule has 0 aliphatic carbocycles. The van der Waals surface area contributed by atoms with Gasteiger partial charge in [0.15, 0.2) is 6.61 Å². The number of rotatable bonds is 9. The molecule has 0 unspecified atom stereocenters. The van der Waals surface area contributed by atoms with Crippen molar-refractivity contribution in [2.24, 2.45) is 0 Å². The Morgan fingerprint density at radius 3 is 2.41 bits per heavy atom. The van der Waals surface area contributed by atoms with E-state index < -0.39 is 29.0 Å². The number of halogens is 2. The molecule has 2 aromatic rings. The quantitative estimate of drug-likeness (QED) is 0.388. The molecule has 0 bridgehead atoms. The topological polar surface area (TPSA) is 111 Å². The third-order valence-electron chi connectivity index (χ3n) is 4.73. The lowest BCUT2D eigenvalue weighted by molar-refractivity contribution is -0.385. The van der Waals surface area contributed by atoms with E-state index in [1.54, 1.807) is 25.1 Å². The number of carbonyl (C=O) groups is 2. The molecule has 2 rings (SSSR count). The highest BCUT2D eigenvalue weighted by atomic mass is 35.5. The van der Waals surface area contributed by atoms with Gasteiger partial charge in [-0.1, -0.05) is 29.3 Å². The molecule has 1 atom stereocenters. The first-order chi connectivity index (χ1) is 15.8. The van der Waals surface area contributed by atoms with Gasteiger partial charge in [0.2, 0.25) is 11.7 Å². The summed E-state index contributed by atoms with van der Waals surface area (Å²) in [7, 11) is 1.30. The Morgan fingerprint density at radius 1 is 1.18 bits per heavy atom. The normalized spacial score (nSPS) is 12.0. The van der Waals surface area contributed by atoms with Gasteiger partial charge in [0.25, 0.3) is 5.91 Å². The summed E-state index contributed by atoms with van der Waals surface area (Å²) in [5.41, 5.74) is -0.122. The average Bonchev–Trinajstić information content (AvgIpc) is 2.75. The van der Waals surface area contributed by atoms with Gasteiger partial charge in [-0.3, -0.25) is 19.7 Å². The summed E-state index contributed by atoms with van der Waals surface area (Å²) in [4.78, 5) is 37.8. The average molecular weight is 512 g/mol. The maximum atomic E-state index is 13.2. The van der Waals surface area contributed by atoms with Crippen LogP contribution in [0.4, 0.5) is 5.69 Å². The van der Waals surface area contributed by atoms with Gasteiger partial charge in [0, 0.05) is 34.3 Å². The van der Waals surface area contributed by atoms with Gasteiger partial charge in [-0.05, 0) is 51.5 Å². The predicted octanol–water partition coefficient (Wildman–Crippen LogP) is 4.62. The molecule has 2 amide bonds. The van der Waals surface area contributed by atoms with Crippen molar-refractivity contribution in [3.63, 3.8) is 0 Å². The van der Waals surface area contributed by atoms with Crippen molar-refractivity contribution in [3.05, 3.63) is 62.1 Å². The first-order valence-corrected chi connectivity index (χ1v) is 11.1. The zero-order valence-corrected chi connectivity index (χ0v) is 21.1. The van der Waals surface area contributed by atoms with Gasteiger partial charge in [-0.25, -0.2) is 0 Å². The molecule has 34 heavy (non-hydrogen) atoms. The summed E-state index contributed by atoms with van der Waals surface area (Å²) in [6.45, 7) is 6.75. The van der Waals surface area contributed by atoms with Crippen LogP contribution in [0.2, 0.25) is 10.0 Å². The van der Waals surface area contributed by atoms with Gasteiger partial charge in [-0.2, -0.15) is 0 Å². The molecule has 2 aromatic carbocycles. The number of amides is 2. The van der Waals surface area contributed by atoms with Crippen LogP contribution in [-0.4, -0.2) is 46.9 Å². The fourth-order valence-electron chi connectivity index (χ4n) is 3.02. The molecule has 0 aliphatic heterocycles. The van der Waals surface area contributed by atoms with E-state index in [9.17, 15) is 19.7 Å². The van der Waals surface area contributed by atoms with Gasteiger partial charge < -0.3 is 19.7 Å². The van der Waals surface area contributed by atoms with E-state index in [1.165, 1.54) is 30.2 Å². The Labute approximate surface area is 208 Å². The van der Waals surface area contributed by atoms with E-state index in [0.29, 0.717) is 15.6 Å². The van der Waals surface area contributed by atoms with Crippen molar-refractivity contribution < 1.29 is 24.0 Å². The van der Waals surface area contributed by atoms with E-state index in [2.05, 4.69) is 5.32 Å². The molecule has 0 spiro atoms. The van der Waals surface area contributed by atoms with Crippen molar-refractivity contribution in [2.45, 2.75) is 45.8 Å². The van der Waals surface area contributed by atoms with Crippen LogP contribution < -0.4 is 14.8 Å². The Kier molecular flexibility index (Phi) is 9.12.